The van der Waals surface area contributed by atoms with Crippen LogP contribution in [0.1, 0.15) is 57.8 Å². The lowest BCUT2D eigenvalue weighted by Gasteiger charge is -2.29. The second kappa shape index (κ2) is 8.62. The average molecular weight is 310 g/mol. The van der Waals surface area contributed by atoms with Gasteiger partial charge in [0.1, 0.15) is 6.29 Å². The van der Waals surface area contributed by atoms with Gasteiger partial charge < -0.3 is 9.90 Å². The zero-order valence-electron chi connectivity index (χ0n) is 12.6. The number of fused-ring (bicyclic) bond motifs is 2. The maximum absolute atomic E-state index is 10.5. The monoisotopic (exact) mass is 310 g/mol. The molecular formula is C17H26O3S. The Morgan fingerprint density at radius 3 is 2.57 bits per heavy atom. The molecule has 2 aliphatic heterocycles. The molecular weight excluding hydrogens is 284 g/mol. The molecule has 4 heteroatoms. The number of carbonyl (C=O) groups excluding carboxylic acids is 1. The molecule has 2 aliphatic rings. The van der Waals surface area contributed by atoms with Gasteiger partial charge in [0.2, 0.25) is 0 Å². The minimum absolute atomic E-state index is 0.267. The van der Waals surface area contributed by atoms with Crippen molar-refractivity contribution in [2.24, 2.45) is 11.8 Å². The number of aliphatic carboxylic acids is 1. The molecule has 0 amide bonds. The maximum atomic E-state index is 10.5. The van der Waals surface area contributed by atoms with Crippen LogP contribution in [0.25, 0.3) is 0 Å². The molecule has 0 aromatic rings. The highest BCUT2D eigenvalue weighted by molar-refractivity contribution is 8.01. The van der Waals surface area contributed by atoms with E-state index >= 15 is 0 Å². The summed E-state index contributed by atoms with van der Waals surface area (Å²) in [6, 6.07) is 0. The molecule has 1 N–H and O–H groups in total. The van der Waals surface area contributed by atoms with Gasteiger partial charge in [-0.25, -0.2) is 0 Å². The van der Waals surface area contributed by atoms with Gasteiger partial charge in [0.25, 0.3) is 0 Å². The van der Waals surface area contributed by atoms with Crippen molar-refractivity contribution in [1.29, 1.82) is 0 Å². The number of carbonyl (C=O) groups is 2. The summed E-state index contributed by atoms with van der Waals surface area (Å²) in [5, 5.41) is 10.2. The van der Waals surface area contributed by atoms with E-state index < -0.39 is 5.97 Å². The average Bonchev–Trinajstić information content (AvgIpc) is 3.04. The number of allylic oxidation sites excluding steroid dienone is 2. The fourth-order valence-corrected chi connectivity index (χ4v) is 5.82. The van der Waals surface area contributed by atoms with Gasteiger partial charge >= 0.3 is 5.97 Å². The number of carboxylic acid groups (broad SMARTS) is 1. The highest BCUT2D eigenvalue weighted by atomic mass is 32.2. The molecule has 2 fully saturated rings. The fraction of sp³-hybridized carbons (Fsp3) is 0.765. The Hall–Kier alpha value is -0.770. The molecule has 0 radical (unpaired) electrons. The predicted octanol–water partition coefficient (Wildman–Crippen LogP) is 4.07. The van der Waals surface area contributed by atoms with E-state index in [1.807, 2.05) is 0 Å². The Bertz CT molecular complexity index is 380. The molecule has 0 aliphatic carbocycles. The van der Waals surface area contributed by atoms with E-state index in [1.54, 1.807) is 0 Å². The summed E-state index contributed by atoms with van der Waals surface area (Å²) >= 11 is 2.18. The van der Waals surface area contributed by atoms with E-state index in [4.69, 9.17) is 5.11 Å². The third kappa shape index (κ3) is 4.87. The zero-order valence-corrected chi connectivity index (χ0v) is 13.4. The van der Waals surface area contributed by atoms with Gasteiger partial charge in [-0.1, -0.05) is 12.2 Å². The number of hydrogen-bond acceptors (Lipinski definition) is 3. The Balaban J connectivity index is 1.73. The first-order valence-electron chi connectivity index (χ1n) is 8.18. The van der Waals surface area contributed by atoms with Gasteiger partial charge in [0.05, 0.1) is 0 Å². The van der Waals surface area contributed by atoms with Crippen LogP contribution in [0.5, 0.6) is 0 Å². The normalized spacial score (nSPS) is 31.0. The Morgan fingerprint density at radius 2 is 1.86 bits per heavy atom. The molecule has 118 valence electrons. The minimum Gasteiger partial charge on any atom is -0.481 e. The van der Waals surface area contributed by atoms with Crippen molar-refractivity contribution in [2.45, 2.75) is 68.3 Å². The van der Waals surface area contributed by atoms with Crippen molar-refractivity contribution >= 4 is 24.0 Å². The molecule has 2 heterocycles. The number of thioether (sulfide) groups is 1. The first-order chi connectivity index (χ1) is 10.2. The molecule has 3 nitrogen and oxygen atoms in total. The summed E-state index contributed by atoms with van der Waals surface area (Å²) < 4.78 is 0. The van der Waals surface area contributed by atoms with Gasteiger partial charge in [0, 0.05) is 23.3 Å². The summed E-state index contributed by atoms with van der Waals surface area (Å²) in [6.07, 6.45) is 14.1. The first kappa shape index (κ1) is 16.6. The smallest absolute Gasteiger partial charge is 0.303 e. The highest BCUT2D eigenvalue weighted by Crippen LogP contribution is 2.55. The summed E-state index contributed by atoms with van der Waals surface area (Å²) in [7, 11) is 0. The van der Waals surface area contributed by atoms with Crippen LogP contribution in [0, 0.1) is 11.8 Å². The predicted molar refractivity (Wildman–Crippen MR) is 86.5 cm³/mol. The number of rotatable bonds is 10. The standard InChI is InChI=1S/C17H26O3S/c18-12-6-5-8-14-13(15-10-11-16(14)21-15)7-3-1-2-4-9-17(19)20/h1,3,12-16H,2,4-11H2,(H,19,20)/t13-,14+,15-,16+/m0/s1. The third-order valence-electron chi connectivity index (χ3n) is 4.79. The minimum atomic E-state index is -0.705. The maximum Gasteiger partial charge on any atom is 0.303 e. The SMILES string of the molecule is O=CCCC[C@@H]1[C@H](CC=CCCCC(=O)O)[C@@H]2CC[C@H]1S2. The third-order valence-corrected chi connectivity index (χ3v) is 6.66. The van der Waals surface area contributed by atoms with E-state index in [2.05, 4.69) is 23.9 Å². The molecule has 0 saturated carbocycles. The molecule has 0 aromatic heterocycles. The number of aldehydes is 1. The van der Waals surface area contributed by atoms with Crippen LogP contribution in [-0.4, -0.2) is 27.9 Å². The Labute approximate surface area is 131 Å². The van der Waals surface area contributed by atoms with Crippen molar-refractivity contribution in [2.75, 3.05) is 0 Å². The lowest BCUT2D eigenvalue weighted by Crippen LogP contribution is -2.26. The van der Waals surface area contributed by atoms with Gasteiger partial charge in [-0.15, -0.1) is 0 Å². The van der Waals surface area contributed by atoms with Gasteiger partial charge in [-0.3, -0.25) is 4.79 Å². The largest absolute Gasteiger partial charge is 0.481 e. The quantitative estimate of drug-likeness (QED) is 0.375. The van der Waals surface area contributed by atoms with Crippen LogP contribution >= 0.6 is 11.8 Å². The molecule has 21 heavy (non-hydrogen) atoms. The molecule has 0 unspecified atom stereocenters. The van der Waals surface area contributed by atoms with Crippen LogP contribution in [0.2, 0.25) is 0 Å². The molecule has 2 saturated heterocycles. The summed E-state index contributed by atoms with van der Waals surface area (Å²) in [6.45, 7) is 0. The number of carboxylic acids is 1. The number of hydrogen-bond donors (Lipinski definition) is 1. The van der Waals surface area contributed by atoms with Crippen molar-refractivity contribution in [3.8, 4) is 0 Å². The van der Waals surface area contributed by atoms with Crippen molar-refractivity contribution < 1.29 is 14.7 Å². The van der Waals surface area contributed by atoms with E-state index in [-0.39, 0.29) is 6.42 Å². The van der Waals surface area contributed by atoms with Crippen molar-refractivity contribution in [3.63, 3.8) is 0 Å². The summed E-state index contributed by atoms with van der Waals surface area (Å²) in [5.41, 5.74) is 0. The molecule has 2 rings (SSSR count). The van der Waals surface area contributed by atoms with E-state index in [9.17, 15) is 9.59 Å². The van der Waals surface area contributed by atoms with Crippen molar-refractivity contribution in [1.82, 2.24) is 0 Å². The highest BCUT2D eigenvalue weighted by Gasteiger charge is 2.46. The van der Waals surface area contributed by atoms with Gasteiger partial charge in [-0.05, 0) is 56.8 Å². The van der Waals surface area contributed by atoms with Gasteiger partial charge in [-0.2, -0.15) is 11.8 Å². The number of unbranched alkanes of at least 4 members (excludes halogenated alkanes) is 2. The van der Waals surface area contributed by atoms with Crippen LogP contribution in [0.3, 0.4) is 0 Å². The second-order valence-electron chi connectivity index (χ2n) is 6.21. The van der Waals surface area contributed by atoms with E-state index in [1.165, 1.54) is 19.3 Å². The lowest BCUT2D eigenvalue weighted by atomic mass is 9.75. The van der Waals surface area contributed by atoms with Crippen molar-refractivity contribution in [3.05, 3.63) is 12.2 Å². The lowest BCUT2D eigenvalue weighted by molar-refractivity contribution is -0.137. The molecule has 0 spiro atoms. The second-order valence-corrected chi connectivity index (χ2v) is 7.69. The Morgan fingerprint density at radius 1 is 1.10 bits per heavy atom. The van der Waals surface area contributed by atoms with Crippen LogP contribution in [-0.2, 0) is 9.59 Å². The topological polar surface area (TPSA) is 54.4 Å². The molecule has 4 atom stereocenters. The first-order valence-corrected chi connectivity index (χ1v) is 9.12. The molecule has 0 aromatic carbocycles. The van der Waals surface area contributed by atoms with E-state index in [0.29, 0.717) is 6.42 Å². The zero-order chi connectivity index (χ0) is 15.1. The van der Waals surface area contributed by atoms with Crippen LogP contribution in [0.4, 0.5) is 0 Å². The summed E-state index contributed by atoms with van der Waals surface area (Å²) in [4.78, 5) is 20.9. The van der Waals surface area contributed by atoms with Crippen LogP contribution < -0.4 is 0 Å². The van der Waals surface area contributed by atoms with Gasteiger partial charge in [0.15, 0.2) is 0 Å². The van der Waals surface area contributed by atoms with Crippen LogP contribution in [0.15, 0.2) is 12.2 Å². The fourth-order valence-electron chi connectivity index (χ4n) is 3.78. The molecule has 2 bridgehead atoms. The Kier molecular flexibility index (Phi) is 6.81. The van der Waals surface area contributed by atoms with E-state index in [0.717, 1.165) is 54.3 Å². The summed E-state index contributed by atoms with van der Waals surface area (Å²) in [5.74, 6) is 0.858.